The SMILES string of the molecule is O=C(COc1ccc(Cl)cc1)NC12CC(c3nnc([C@H]4CCOC4)o3)(C1)C2. The molecule has 4 aliphatic rings. The smallest absolute Gasteiger partial charge is 0.258 e. The Morgan fingerprint density at radius 1 is 1.26 bits per heavy atom. The highest BCUT2D eigenvalue weighted by atomic mass is 35.5. The molecule has 2 heterocycles. The van der Waals surface area contributed by atoms with Gasteiger partial charge in [-0.15, -0.1) is 10.2 Å². The maximum atomic E-state index is 12.2. The molecule has 2 bridgehead atoms. The normalized spacial score (nSPS) is 31.1. The first-order valence-corrected chi connectivity index (χ1v) is 9.55. The van der Waals surface area contributed by atoms with Crippen LogP contribution < -0.4 is 10.1 Å². The minimum Gasteiger partial charge on any atom is -0.484 e. The summed E-state index contributed by atoms with van der Waals surface area (Å²) in [7, 11) is 0. The molecule has 1 amide bonds. The van der Waals surface area contributed by atoms with Crippen molar-refractivity contribution in [3.05, 3.63) is 41.1 Å². The number of hydrogen-bond donors (Lipinski definition) is 1. The van der Waals surface area contributed by atoms with Crippen molar-refractivity contribution in [1.29, 1.82) is 0 Å². The van der Waals surface area contributed by atoms with Crippen LogP contribution in [-0.2, 0) is 14.9 Å². The van der Waals surface area contributed by atoms with Crippen molar-refractivity contribution in [3.63, 3.8) is 0 Å². The van der Waals surface area contributed by atoms with Crippen molar-refractivity contribution >= 4 is 17.5 Å². The van der Waals surface area contributed by atoms with Gasteiger partial charge in [-0.1, -0.05) is 11.6 Å². The molecular weight excluding hydrogens is 370 g/mol. The van der Waals surface area contributed by atoms with Gasteiger partial charge in [0.2, 0.25) is 11.8 Å². The van der Waals surface area contributed by atoms with E-state index in [2.05, 4.69) is 15.5 Å². The van der Waals surface area contributed by atoms with Gasteiger partial charge in [0.15, 0.2) is 6.61 Å². The number of carbonyl (C=O) groups excluding carboxylic acids is 1. The topological polar surface area (TPSA) is 86.5 Å². The zero-order chi connectivity index (χ0) is 18.5. The number of rotatable bonds is 6. The van der Waals surface area contributed by atoms with Gasteiger partial charge >= 0.3 is 0 Å². The maximum absolute atomic E-state index is 12.2. The Bertz CT molecular complexity index is 840. The van der Waals surface area contributed by atoms with E-state index in [1.54, 1.807) is 24.3 Å². The first kappa shape index (κ1) is 17.0. The lowest BCUT2D eigenvalue weighted by atomic mass is 9.39. The minimum atomic E-state index is -0.147. The second-order valence-corrected chi connectivity index (χ2v) is 8.32. The van der Waals surface area contributed by atoms with Gasteiger partial charge < -0.3 is 19.2 Å². The Balaban J connectivity index is 1.13. The van der Waals surface area contributed by atoms with Gasteiger partial charge in [-0.25, -0.2) is 0 Å². The van der Waals surface area contributed by atoms with E-state index >= 15 is 0 Å². The first-order valence-electron chi connectivity index (χ1n) is 9.17. The maximum Gasteiger partial charge on any atom is 0.258 e. The van der Waals surface area contributed by atoms with E-state index < -0.39 is 0 Å². The number of ether oxygens (including phenoxy) is 2. The molecule has 3 aliphatic carbocycles. The average molecular weight is 390 g/mol. The lowest BCUT2D eigenvalue weighted by Crippen LogP contribution is -2.77. The Labute approximate surface area is 161 Å². The van der Waals surface area contributed by atoms with Crippen LogP contribution in [0.3, 0.4) is 0 Å². The molecule has 7 nitrogen and oxygen atoms in total. The van der Waals surface area contributed by atoms with Crippen molar-refractivity contribution in [2.24, 2.45) is 0 Å². The summed E-state index contributed by atoms with van der Waals surface area (Å²) >= 11 is 5.84. The molecular formula is C19H20ClN3O4. The van der Waals surface area contributed by atoms with Crippen LogP contribution in [0.4, 0.5) is 0 Å². The summed E-state index contributed by atoms with van der Waals surface area (Å²) in [5, 5.41) is 12.2. The quantitative estimate of drug-likeness (QED) is 0.817. The Morgan fingerprint density at radius 3 is 2.74 bits per heavy atom. The molecule has 6 rings (SSSR count). The van der Waals surface area contributed by atoms with Crippen LogP contribution in [0.5, 0.6) is 5.75 Å². The van der Waals surface area contributed by atoms with E-state index in [4.69, 9.17) is 25.5 Å². The standard InChI is InChI=1S/C19H20ClN3O4/c20-13-1-3-14(4-2-13)26-8-15(24)21-19-9-18(10-19,11-19)17-23-22-16(27-17)12-5-6-25-7-12/h1-4,12H,5-11H2,(H,21,24)/t12-,18?,19?/m0/s1. The number of aromatic nitrogens is 2. The van der Waals surface area contributed by atoms with Crippen LogP contribution in [0.15, 0.2) is 28.7 Å². The highest BCUT2D eigenvalue weighted by Crippen LogP contribution is 2.67. The molecule has 0 radical (unpaired) electrons. The molecule has 1 atom stereocenters. The molecule has 4 fully saturated rings. The third-order valence-corrected chi connectivity index (χ3v) is 6.04. The van der Waals surface area contributed by atoms with Gasteiger partial charge in [-0.3, -0.25) is 4.79 Å². The largest absolute Gasteiger partial charge is 0.484 e. The van der Waals surface area contributed by atoms with Crippen molar-refractivity contribution in [1.82, 2.24) is 15.5 Å². The van der Waals surface area contributed by atoms with Gasteiger partial charge in [0.1, 0.15) is 5.75 Å². The van der Waals surface area contributed by atoms with Gasteiger partial charge in [0, 0.05) is 17.2 Å². The Kier molecular flexibility index (Phi) is 3.91. The number of benzene rings is 1. The van der Waals surface area contributed by atoms with Crippen LogP contribution in [-0.4, -0.2) is 41.5 Å². The summed E-state index contributed by atoms with van der Waals surface area (Å²) in [6.07, 6.45) is 3.46. The lowest BCUT2D eigenvalue weighted by Gasteiger charge is -2.68. The first-order chi connectivity index (χ1) is 13.1. The van der Waals surface area contributed by atoms with Crippen LogP contribution in [0.2, 0.25) is 5.02 Å². The molecule has 0 spiro atoms. The highest BCUT2D eigenvalue weighted by Gasteiger charge is 2.71. The van der Waals surface area contributed by atoms with Crippen LogP contribution in [0.1, 0.15) is 43.4 Å². The molecule has 2 aromatic rings. The highest BCUT2D eigenvalue weighted by molar-refractivity contribution is 6.30. The van der Waals surface area contributed by atoms with E-state index in [9.17, 15) is 4.79 Å². The summed E-state index contributed by atoms with van der Waals surface area (Å²) in [5.74, 6) is 2.11. The second-order valence-electron chi connectivity index (χ2n) is 7.89. The number of hydrogen-bond acceptors (Lipinski definition) is 6. The molecule has 0 unspecified atom stereocenters. The Hall–Kier alpha value is -2.12. The molecule has 1 aliphatic heterocycles. The van der Waals surface area contributed by atoms with Crippen LogP contribution in [0.25, 0.3) is 0 Å². The summed E-state index contributed by atoms with van der Waals surface area (Å²) in [6, 6.07) is 6.95. The number of nitrogens with zero attached hydrogens (tertiary/aromatic N) is 2. The third-order valence-electron chi connectivity index (χ3n) is 5.79. The fourth-order valence-electron chi connectivity index (χ4n) is 4.50. The summed E-state index contributed by atoms with van der Waals surface area (Å²) in [4.78, 5) is 12.2. The van der Waals surface area contributed by atoms with Crippen LogP contribution in [0, 0.1) is 0 Å². The minimum absolute atomic E-state index is 0.0111. The predicted octanol–water partition coefficient (Wildman–Crippen LogP) is 2.60. The molecule has 3 saturated carbocycles. The summed E-state index contributed by atoms with van der Waals surface area (Å²) in [5.41, 5.74) is -0.208. The van der Waals surface area contributed by atoms with Crippen molar-refractivity contribution in [2.45, 2.75) is 42.6 Å². The van der Waals surface area contributed by atoms with Gasteiger partial charge in [0.05, 0.1) is 17.9 Å². The van der Waals surface area contributed by atoms with Gasteiger partial charge in [0.25, 0.3) is 5.91 Å². The lowest BCUT2D eigenvalue weighted by molar-refractivity contribution is -0.143. The van der Waals surface area contributed by atoms with Gasteiger partial charge in [-0.2, -0.15) is 0 Å². The van der Waals surface area contributed by atoms with E-state index in [1.165, 1.54) is 0 Å². The van der Waals surface area contributed by atoms with E-state index in [1.807, 2.05) is 0 Å². The average Bonchev–Trinajstić information content (AvgIpc) is 3.27. The van der Waals surface area contributed by atoms with Crippen LogP contribution >= 0.6 is 11.6 Å². The van der Waals surface area contributed by atoms with Gasteiger partial charge in [-0.05, 0) is 49.9 Å². The van der Waals surface area contributed by atoms with Crippen molar-refractivity contribution in [3.8, 4) is 5.75 Å². The summed E-state index contributed by atoms with van der Waals surface area (Å²) < 4.78 is 16.8. The number of nitrogens with one attached hydrogen (secondary N) is 1. The second kappa shape index (κ2) is 6.21. The number of halogens is 1. The van der Waals surface area contributed by atoms with Crippen molar-refractivity contribution in [2.75, 3.05) is 19.8 Å². The van der Waals surface area contributed by atoms with E-state index in [0.717, 1.165) is 32.3 Å². The molecule has 142 valence electrons. The molecule has 1 N–H and O–H groups in total. The molecule has 1 aromatic carbocycles. The fraction of sp³-hybridized carbons (Fsp3) is 0.526. The monoisotopic (exact) mass is 389 g/mol. The number of carbonyl (C=O) groups is 1. The zero-order valence-corrected chi connectivity index (χ0v) is 15.5. The fourth-order valence-corrected chi connectivity index (χ4v) is 4.63. The molecule has 27 heavy (non-hydrogen) atoms. The molecule has 1 aromatic heterocycles. The van der Waals surface area contributed by atoms with E-state index in [0.29, 0.717) is 29.2 Å². The van der Waals surface area contributed by atoms with E-state index in [-0.39, 0.29) is 29.4 Å². The zero-order valence-electron chi connectivity index (χ0n) is 14.7. The van der Waals surface area contributed by atoms with Crippen molar-refractivity contribution < 1.29 is 18.7 Å². The molecule has 8 heteroatoms. The Morgan fingerprint density at radius 2 is 2.04 bits per heavy atom. The molecule has 1 saturated heterocycles. The summed E-state index contributed by atoms with van der Waals surface area (Å²) in [6.45, 7) is 1.39. The predicted molar refractivity (Wildman–Crippen MR) is 95.8 cm³/mol. The third kappa shape index (κ3) is 2.99. The number of amides is 1.